The van der Waals surface area contributed by atoms with Crippen LogP contribution in [-0.2, 0) is 6.54 Å². The average Bonchev–Trinajstić information content (AvgIpc) is 2.55. The van der Waals surface area contributed by atoms with Gasteiger partial charge in [-0.25, -0.2) is 0 Å². The fraction of sp³-hybridized carbons (Fsp3) is 0.455. The van der Waals surface area contributed by atoms with Gasteiger partial charge in [0.05, 0.1) is 0 Å². The molecular formula is C22H31N. The van der Waals surface area contributed by atoms with Crippen LogP contribution in [0.1, 0.15) is 56.2 Å². The first-order chi connectivity index (χ1) is 11.1. The van der Waals surface area contributed by atoms with Crippen LogP contribution in [0, 0.1) is 5.92 Å². The molecule has 1 unspecified atom stereocenters. The Morgan fingerprint density at radius 1 is 0.826 bits per heavy atom. The van der Waals surface area contributed by atoms with Gasteiger partial charge in [0.15, 0.2) is 0 Å². The first kappa shape index (κ1) is 17.7. The molecule has 124 valence electrons. The third-order valence-corrected chi connectivity index (χ3v) is 4.55. The zero-order valence-electron chi connectivity index (χ0n) is 15.1. The van der Waals surface area contributed by atoms with Gasteiger partial charge < -0.3 is 4.90 Å². The van der Waals surface area contributed by atoms with Crippen molar-refractivity contribution >= 4 is 0 Å². The maximum atomic E-state index is 2.43. The molecule has 1 atom stereocenters. The van der Waals surface area contributed by atoms with Crippen molar-refractivity contribution in [2.24, 2.45) is 5.92 Å². The third-order valence-electron chi connectivity index (χ3n) is 4.55. The van der Waals surface area contributed by atoms with Gasteiger partial charge in [0, 0.05) is 12.5 Å². The van der Waals surface area contributed by atoms with E-state index in [9.17, 15) is 0 Å². The van der Waals surface area contributed by atoms with Crippen LogP contribution in [0.3, 0.4) is 0 Å². The second kappa shape index (κ2) is 8.88. The first-order valence-electron chi connectivity index (χ1n) is 8.88. The van der Waals surface area contributed by atoms with E-state index in [4.69, 9.17) is 0 Å². The van der Waals surface area contributed by atoms with Gasteiger partial charge in [0.25, 0.3) is 0 Å². The van der Waals surface area contributed by atoms with Crippen molar-refractivity contribution < 1.29 is 0 Å². The van der Waals surface area contributed by atoms with E-state index in [-0.39, 0.29) is 0 Å². The van der Waals surface area contributed by atoms with E-state index in [1.165, 1.54) is 36.1 Å². The van der Waals surface area contributed by atoms with Crippen LogP contribution in [0.5, 0.6) is 0 Å². The molecular weight excluding hydrogens is 278 g/mol. The molecule has 23 heavy (non-hydrogen) atoms. The summed E-state index contributed by atoms with van der Waals surface area (Å²) in [6.07, 6.45) is 2.61. The molecule has 0 radical (unpaired) electrons. The average molecular weight is 309 g/mol. The number of nitrogens with zero attached hydrogens (tertiary/aromatic N) is 1. The highest BCUT2D eigenvalue weighted by Gasteiger charge is 2.08. The molecule has 0 heterocycles. The normalized spacial score (nSPS) is 12.8. The second-order valence-electron chi connectivity index (χ2n) is 7.15. The van der Waals surface area contributed by atoms with Crippen LogP contribution in [0.15, 0.2) is 54.6 Å². The van der Waals surface area contributed by atoms with E-state index in [0.717, 1.165) is 12.5 Å². The number of hydrogen-bond acceptors (Lipinski definition) is 1. The Labute approximate surface area is 142 Å². The van der Waals surface area contributed by atoms with Gasteiger partial charge in [-0.15, -0.1) is 0 Å². The molecule has 0 amide bonds. The van der Waals surface area contributed by atoms with Crippen LogP contribution in [0.4, 0.5) is 0 Å². The lowest BCUT2D eigenvalue weighted by Crippen LogP contribution is -2.19. The van der Waals surface area contributed by atoms with Gasteiger partial charge >= 0.3 is 0 Å². The Balaban J connectivity index is 1.89. The molecule has 1 heteroatoms. The van der Waals surface area contributed by atoms with Gasteiger partial charge in [-0.1, -0.05) is 75.4 Å². The lowest BCUT2D eigenvalue weighted by Gasteiger charge is -2.18. The van der Waals surface area contributed by atoms with Crippen LogP contribution in [0.2, 0.25) is 0 Å². The van der Waals surface area contributed by atoms with Crippen molar-refractivity contribution in [2.75, 3.05) is 13.6 Å². The maximum Gasteiger partial charge on any atom is 0.0230 e. The number of rotatable bonds is 8. The molecule has 0 saturated carbocycles. The van der Waals surface area contributed by atoms with Gasteiger partial charge in [-0.3, -0.25) is 0 Å². The predicted octanol–water partition coefficient (Wildman–Crippen LogP) is 5.71. The van der Waals surface area contributed by atoms with Crippen molar-refractivity contribution in [3.63, 3.8) is 0 Å². The van der Waals surface area contributed by atoms with Crippen LogP contribution >= 0.6 is 0 Å². The fourth-order valence-corrected chi connectivity index (χ4v) is 3.01. The van der Waals surface area contributed by atoms with Gasteiger partial charge in [-0.05, 0) is 49.0 Å². The SMILES string of the molecule is CC(C)CCCN(C)Cc1ccc(C(C)c2ccccc2)cc1. The largest absolute Gasteiger partial charge is 0.302 e. The summed E-state index contributed by atoms with van der Waals surface area (Å²) in [5.74, 6) is 1.26. The summed E-state index contributed by atoms with van der Waals surface area (Å²) in [6, 6.07) is 19.9. The lowest BCUT2D eigenvalue weighted by molar-refractivity contribution is 0.310. The van der Waals surface area contributed by atoms with E-state index in [2.05, 4.69) is 87.3 Å². The molecule has 0 spiro atoms. The standard InChI is InChI=1S/C22H31N/c1-18(2)9-8-16-23(4)17-20-12-14-22(15-13-20)19(3)21-10-6-5-7-11-21/h5-7,10-15,18-19H,8-9,16-17H2,1-4H3. The zero-order chi connectivity index (χ0) is 16.7. The van der Waals surface area contributed by atoms with E-state index in [0.29, 0.717) is 5.92 Å². The Bertz CT molecular complexity index is 556. The van der Waals surface area contributed by atoms with Crippen LogP contribution < -0.4 is 0 Å². The summed E-state index contributed by atoms with van der Waals surface area (Å²) in [7, 11) is 2.22. The minimum atomic E-state index is 0.453. The van der Waals surface area contributed by atoms with Crippen molar-refractivity contribution in [1.82, 2.24) is 4.90 Å². The van der Waals surface area contributed by atoms with Crippen molar-refractivity contribution in [3.05, 3.63) is 71.3 Å². The van der Waals surface area contributed by atoms with Crippen LogP contribution in [-0.4, -0.2) is 18.5 Å². The highest BCUT2D eigenvalue weighted by molar-refractivity contribution is 5.33. The van der Waals surface area contributed by atoms with E-state index in [1.54, 1.807) is 0 Å². The predicted molar refractivity (Wildman–Crippen MR) is 101 cm³/mol. The topological polar surface area (TPSA) is 3.24 Å². The third kappa shape index (κ3) is 5.84. The molecule has 0 bridgehead atoms. The monoisotopic (exact) mass is 309 g/mol. The molecule has 0 N–H and O–H groups in total. The number of benzene rings is 2. The quantitative estimate of drug-likeness (QED) is 0.604. The highest BCUT2D eigenvalue weighted by Crippen LogP contribution is 2.24. The molecule has 0 aromatic heterocycles. The maximum absolute atomic E-state index is 2.43. The Morgan fingerprint density at radius 2 is 1.43 bits per heavy atom. The van der Waals surface area contributed by atoms with E-state index >= 15 is 0 Å². The second-order valence-corrected chi connectivity index (χ2v) is 7.15. The molecule has 0 aliphatic rings. The number of hydrogen-bond donors (Lipinski definition) is 0. The molecule has 0 saturated heterocycles. The van der Waals surface area contributed by atoms with E-state index < -0.39 is 0 Å². The van der Waals surface area contributed by atoms with Gasteiger partial charge in [0.2, 0.25) is 0 Å². The molecule has 1 nitrogen and oxygen atoms in total. The molecule has 2 rings (SSSR count). The van der Waals surface area contributed by atoms with Crippen molar-refractivity contribution in [2.45, 2.75) is 46.1 Å². The molecule has 2 aromatic carbocycles. The summed E-state index contributed by atoms with van der Waals surface area (Å²) in [5, 5.41) is 0. The first-order valence-corrected chi connectivity index (χ1v) is 8.88. The van der Waals surface area contributed by atoms with Crippen LogP contribution in [0.25, 0.3) is 0 Å². The Hall–Kier alpha value is -1.60. The summed E-state index contributed by atoms with van der Waals surface area (Å²) in [5.41, 5.74) is 4.18. The van der Waals surface area contributed by atoms with Gasteiger partial charge in [-0.2, -0.15) is 0 Å². The summed E-state index contributed by atoms with van der Waals surface area (Å²) in [6.45, 7) is 9.10. The highest BCUT2D eigenvalue weighted by atomic mass is 15.1. The smallest absolute Gasteiger partial charge is 0.0230 e. The molecule has 2 aromatic rings. The summed E-state index contributed by atoms with van der Waals surface area (Å²) < 4.78 is 0. The molecule has 0 fully saturated rings. The van der Waals surface area contributed by atoms with Crippen molar-refractivity contribution in [1.29, 1.82) is 0 Å². The zero-order valence-corrected chi connectivity index (χ0v) is 15.1. The summed E-state index contributed by atoms with van der Waals surface area (Å²) in [4.78, 5) is 2.43. The Morgan fingerprint density at radius 3 is 2.04 bits per heavy atom. The minimum absolute atomic E-state index is 0.453. The van der Waals surface area contributed by atoms with Crippen molar-refractivity contribution in [3.8, 4) is 0 Å². The van der Waals surface area contributed by atoms with E-state index in [1.807, 2.05) is 0 Å². The molecule has 0 aliphatic carbocycles. The summed E-state index contributed by atoms with van der Waals surface area (Å²) >= 11 is 0. The fourth-order valence-electron chi connectivity index (χ4n) is 3.01. The van der Waals surface area contributed by atoms with Gasteiger partial charge in [0.1, 0.15) is 0 Å². The minimum Gasteiger partial charge on any atom is -0.302 e. The molecule has 0 aliphatic heterocycles. The Kier molecular flexibility index (Phi) is 6.85. The lowest BCUT2D eigenvalue weighted by atomic mass is 9.92.